The van der Waals surface area contributed by atoms with E-state index in [9.17, 15) is 0 Å². The number of aryl methyl sites for hydroxylation is 8. The monoisotopic (exact) mass is 993 g/mol. The van der Waals surface area contributed by atoms with E-state index in [1.165, 1.54) is 24.5 Å². The molecule has 8 aromatic heterocycles. The van der Waals surface area contributed by atoms with Crippen LogP contribution in [0.5, 0.6) is 0 Å². The SMILES string of the molecule is CC.CC.CC.CC.CC.CC.CC.CC.Cc1cccnn1.Cc1ccncc1.Cc1ccncn1.Cc1ccnnc1.Cc1cnccn1.Cc1cncnc1.Cc1cncnn1.Cc1ncccn1. The van der Waals surface area contributed by atoms with Gasteiger partial charge in [0, 0.05) is 80.1 Å². The van der Waals surface area contributed by atoms with Gasteiger partial charge < -0.3 is 0 Å². The molecule has 0 spiro atoms. The van der Waals surface area contributed by atoms with Gasteiger partial charge in [0.05, 0.1) is 29.5 Å². The van der Waals surface area contributed by atoms with Crippen LogP contribution in [-0.2, 0) is 0 Å². The molecule has 72 heavy (non-hydrogen) atoms. The zero-order valence-electron chi connectivity index (χ0n) is 49.0. The fourth-order valence-corrected chi connectivity index (χ4v) is 2.95. The summed E-state index contributed by atoms with van der Waals surface area (Å²) in [6.45, 7) is 47.4. The van der Waals surface area contributed by atoms with Crippen molar-refractivity contribution < 1.29 is 0 Å². The highest BCUT2D eigenvalue weighted by molar-refractivity contribution is 5.05. The Morgan fingerprint density at radius 2 is 0.764 bits per heavy atom. The molecule has 8 rings (SSSR count). The number of rotatable bonds is 0. The lowest BCUT2D eigenvalue weighted by molar-refractivity contribution is 0.925. The van der Waals surface area contributed by atoms with E-state index in [1.807, 2.05) is 203 Å². The second-order valence-corrected chi connectivity index (χ2v) is 11.0. The van der Waals surface area contributed by atoms with Crippen molar-refractivity contribution in [2.45, 2.75) is 166 Å². The highest BCUT2D eigenvalue weighted by atomic mass is 15.1. The topological polar surface area (TPSA) is 206 Å². The lowest BCUT2D eigenvalue weighted by Crippen LogP contribution is -1.84. The maximum Gasteiger partial charge on any atom is 0.138 e. The van der Waals surface area contributed by atoms with Crippen LogP contribution in [0.1, 0.15) is 156 Å². The van der Waals surface area contributed by atoms with Gasteiger partial charge in [0.15, 0.2) is 0 Å². The van der Waals surface area contributed by atoms with Gasteiger partial charge in [-0.15, -0.1) is 5.10 Å². The highest BCUT2D eigenvalue weighted by Gasteiger charge is 1.79. The van der Waals surface area contributed by atoms with Crippen LogP contribution in [0, 0.1) is 55.4 Å². The molecular formula is C56H96N16. The Bertz CT molecular complexity index is 1540. The Morgan fingerprint density at radius 3 is 0.986 bits per heavy atom. The number of aromatic nitrogens is 16. The molecule has 0 aliphatic rings. The van der Waals surface area contributed by atoms with Crippen LogP contribution >= 0.6 is 0 Å². The quantitative estimate of drug-likeness (QED) is 0.138. The predicted octanol–water partition coefficient (Wildman–Crippen LogP) is 14.5. The molecule has 0 radical (unpaired) electrons. The van der Waals surface area contributed by atoms with Crippen molar-refractivity contribution in [1.29, 1.82) is 0 Å². The van der Waals surface area contributed by atoms with E-state index in [4.69, 9.17) is 0 Å². The maximum atomic E-state index is 3.92. The predicted molar refractivity (Wildman–Crippen MR) is 305 cm³/mol. The molecule has 16 heteroatoms. The highest BCUT2D eigenvalue weighted by Crippen LogP contribution is 1.89. The molecule has 0 aromatic carbocycles. The lowest BCUT2D eigenvalue weighted by Gasteiger charge is -1.82. The minimum atomic E-state index is 0.822. The van der Waals surface area contributed by atoms with Gasteiger partial charge in [0.1, 0.15) is 24.8 Å². The van der Waals surface area contributed by atoms with Crippen LogP contribution in [0.3, 0.4) is 0 Å². The molecule has 0 atom stereocenters. The van der Waals surface area contributed by atoms with Crippen LogP contribution in [0.25, 0.3) is 0 Å². The van der Waals surface area contributed by atoms with Gasteiger partial charge in [0.25, 0.3) is 0 Å². The Morgan fingerprint density at radius 1 is 0.250 bits per heavy atom. The average molecular weight is 993 g/mol. The first-order valence-corrected chi connectivity index (χ1v) is 25.0. The number of nitrogens with zero attached hydrogens (tertiary/aromatic N) is 16. The van der Waals surface area contributed by atoms with E-state index >= 15 is 0 Å². The zero-order chi connectivity index (χ0) is 56.9. The van der Waals surface area contributed by atoms with Crippen molar-refractivity contribution in [3.63, 3.8) is 0 Å². The summed E-state index contributed by atoms with van der Waals surface area (Å²) in [7, 11) is 0. The van der Waals surface area contributed by atoms with Crippen LogP contribution in [0.4, 0.5) is 0 Å². The molecule has 0 aliphatic heterocycles. The number of hydrogen-bond donors (Lipinski definition) is 0. The number of hydrogen-bond acceptors (Lipinski definition) is 16. The second kappa shape index (κ2) is 77.8. The van der Waals surface area contributed by atoms with E-state index in [0.29, 0.717) is 0 Å². The summed E-state index contributed by atoms with van der Waals surface area (Å²) in [6.07, 6.45) is 28.5. The first kappa shape index (κ1) is 81.6. The molecule has 0 bridgehead atoms. The average Bonchev–Trinajstić information content (AvgIpc) is 3.46. The molecule has 400 valence electrons. The van der Waals surface area contributed by atoms with Crippen LogP contribution in [-0.4, -0.2) is 80.4 Å². The Balaban J connectivity index is -0.000000104. The molecule has 16 nitrogen and oxygen atoms in total. The second-order valence-electron chi connectivity index (χ2n) is 11.0. The van der Waals surface area contributed by atoms with E-state index in [2.05, 4.69) is 80.4 Å². The van der Waals surface area contributed by atoms with E-state index in [1.54, 1.807) is 92.8 Å². The fraction of sp³-hybridized carbons (Fsp3) is 0.429. The van der Waals surface area contributed by atoms with Crippen molar-refractivity contribution in [1.82, 2.24) is 80.4 Å². The van der Waals surface area contributed by atoms with E-state index in [-0.39, 0.29) is 0 Å². The normalized spacial score (nSPS) is 7.44. The first-order valence-electron chi connectivity index (χ1n) is 25.0. The smallest absolute Gasteiger partial charge is 0.138 e. The molecule has 0 saturated carbocycles. The van der Waals surface area contributed by atoms with Crippen molar-refractivity contribution in [3.05, 3.63) is 193 Å². The summed E-state index contributed by atoms with van der Waals surface area (Å²) >= 11 is 0. The molecule has 0 saturated heterocycles. The summed E-state index contributed by atoms with van der Waals surface area (Å²) in [5.74, 6) is 0.822. The van der Waals surface area contributed by atoms with Crippen molar-refractivity contribution in [2.24, 2.45) is 0 Å². The van der Waals surface area contributed by atoms with Crippen LogP contribution < -0.4 is 0 Å². The third kappa shape index (κ3) is 74.2. The molecule has 0 unspecified atom stereocenters. The van der Waals surface area contributed by atoms with Gasteiger partial charge in [-0.25, -0.2) is 34.9 Å². The molecule has 8 heterocycles. The van der Waals surface area contributed by atoms with Crippen molar-refractivity contribution in [3.8, 4) is 0 Å². The summed E-state index contributed by atoms with van der Waals surface area (Å²) in [4.78, 5) is 38.2. The molecule has 0 aliphatic carbocycles. The Kier molecular flexibility index (Phi) is 88.2. The molecular weight excluding hydrogens is 897 g/mol. The van der Waals surface area contributed by atoms with Crippen LogP contribution in [0.15, 0.2) is 148 Å². The minimum Gasteiger partial charge on any atom is -0.265 e. The third-order valence-electron chi connectivity index (χ3n) is 5.69. The molecule has 8 aromatic rings. The maximum absolute atomic E-state index is 3.92. The summed E-state index contributed by atoms with van der Waals surface area (Å²) < 4.78 is 0. The van der Waals surface area contributed by atoms with Gasteiger partial charge in [-0.3, -0.25) is 15.0 Å². The van der Waals surface area contributed by atoms with Gasteiger partial charge in [-0.2, -0.15) is 25.5 Å². The minimum absolute atomic E-state index is 0.822. The lowest BCUT2D eigenvalue weighted by atomic mass is 10.3. The molecule has 0 N–H and O–H groups in total. The Labute approximate surface area is 438 Å². The largest absolute Gasteiger partial charge is 0.265 e. The fourth-order valence-electron chi connectivity index (χ4n) is 2.95. The standard InChI is InChI=1S/C6H7N.6C5H6N2.C4H5N3.8C2H6/c1-6-2-4-7-5-3-6;1-5-2-6-4-7-3-5;1-5-4-6-2-3-7-5;1-5-2-3-6-4-7-5;1-5-2-3-6-7-4-5;1-5-6-3-2-4-7-5;1-5-3-2-4-6-7-5;1-4-2-5-3-6-7-4;8*1-2/h2-5H,1H3;6*2-4H,1H3;2-3H,1H3;8*1-2H3. The van der Waals surface area contributed by atoms with Crippen LogP contribution in [0.2, 0.25) is 0 Å². The van der Waals surface area contributed by atoms with Gasteiger partial charge in [-0.1, -0.05) is 111 Å². The van der Waals surface area contributed by atoms with Gasteiger partial charge in [0.2, 0.25) is 0 Å². The van der Waals surface area contributed by atoms with E-state index in [0.717, 1.165) is 39.7 Å². The number of pyridine rings is 1. The zero-order valence-corrected chi connectivity index (χ0v) is 49.0. The molecule has 0 amide bonds. The Hall–Kier alpha value is -7.36. The first-order chi connectivity index (χ1) is 35.2. The molecule has 0 fully saturated rings. The van der Waals surface area contributed by atoms with Crippen molar-refractivity contribution >= 4 is 0 Å². The van der Waals surface area contributed by atoms with Crippen molar-refractivity contribution in [2.75, 3.05) is 0 Å². The van der Waals surface area contributed by atoms with Gasteiger partial charge in [-0.05, 0) is 115 Å². The summed E-state index contributed by atoms with van der Waals surface area (Å²) in [5.41, 5.74) is 7.29. The summed E-state index contributed by atoms with van der Waals surface area (Å²) in [5, 5.41) is 21.8. The summed E-state index contributed by atoms with van der Waals surface area (Å²) in [6, 6.07) is 13.3. The van der Waals surface area contributed by atoms with E-state index < -0.39 is 0 Å². The van der Waals surface area contributed by atoms with Gasteiger partial charge >= 0.3 is 0 Å². The third-order valence-corrected chi connectivity index (χ3v) is 5.69.